The third kappa shape index (κ3) is 6.98. The monoisotopic (exact) mass is 266 g/mol. The largest absolute Gasteiger partial charge is 0.392 e. The zero-order chi connectivity index (χ0) is 13.9. The van der Waals surface area contributed by atoms with Crippen LogP contribution in [0.2, 0.25) is 0 Å². The van der Waals surface area contributed by atoms with Gasteiger partial charge >= 0.3 is 0 Å². The van der Waals surface area contributed by atoms with Gasteiger partial charge in [0.1, 0.15) is 0 Å². The van der Waals surface area contributed by atoms with Crippen molar-refractivity contribution in [2.24, 2.45) is 5.41 Å². The maximum Gasteiger partial charge on any atom is 0.279 e. The minimum atomic E-state index is -3.49. The molecule has 0 aliphatic rings. The molecule has 0 saturated heterocycles. The molecule has 0 aromatic heterocycles. The van der Waals surface area contributed by atoms with Gasteiger partial charge in [0, 0.05) is 19.6 Å². The van der Waals surface area contributed by atoms with Gasteiger partial charge in [0.15, 0.2) is 0 Å². The van der Waals surface area contributed by atoms with E-state index in [4.69, 9.17) is 0 Å². The summed E-state index contributed by atoms with van der Waals surface area (Å²) >= 11 is 0. The highest BCUT2D eigenvalue weighted by Crippen LogP contribution is 2.20. The minimum Gasteiger partial charge on any atom is -0.392 e. The van der Waals surface area contributed by atoms with E-state index in [0.717, 1.165) is 0 Å². The molecule has 0 spiro atoms. The Labute approximate surface area is 105 Å². The van der Waals surface area contributed by atoms with Crippen LogP contribution in [0.3, 0.4) is 0 Å². The van der Waals surface area contributed by atoms with Crippen molar-refractivity contribution in [2.45, 2.75) is 53.2 Å². The second-order valence-corrected chi connectivity index (χ2v) is 7.70. The van der Waals surface area contributed by atoms with E-state index in [2.05, 4.69) is 4.72 Å². The standard InChI is InChI=1S/C11H26N2O3S/c1-9(2)13(6)17(15,16)12-8-10(14)7-11(3,4)5/h9-10,12,14H,7-8H2,1-6H3. The summed E-state index contributed by atoms with van der Waals surface area (Å²) in [7, 11) is -1.97. The van der Waals surface area contributed by atoms with Crippen LogP contribution in [0.1, 0.15) is 41.0 Å². The summed E-state index contributed by atoms with van der Waals surface area (Å²) in [6, 6.07) is -0.104. The summed E-state index contributed by atoms with van der Waals surface area (Å²) in [6.45, 7) is 9.66. The van der Waals surface area contributed by atoms with Gasteiger partial charge in [-0.1, -0.05) is 20.8 Å². The zero-order valence-electron chi connectivity index (χ0n) is 11.7. The van der Waals surface area contributed by atoms with E-state index in [1.165, 1.54) is 11.4 Å². The summed E-state index contributed by atoms with van der Waals surface area (Å²) in [6.07, 6.45) is -0.105. The predicted octanol–water partition coefficient (Wildman–Crippen LogP) is 0.958. The van der Waals surface area contributed by atoms with Crippen molar-refractivity contribution in [3.63, 3.8) is 0 Å². The van der Waals surface area contributed by atoms with Crippen LogP contribution in [0.25, 0.3) is 0 Å². The Morgan fingerprint density at radius 1 is 1.29 bits per heavy atom. The van der Waals surface area contributed by atoms with Gasteiger partial charge in [0.25, 0.3) is 10.2 Å². The Hall–Kier alpha value is -0.170. The Balaban J connectivity index is 4.29. The van der Waals surface area contributed by atoms with Crippen LogP contribution in [0.4, 0.5) is 0 Å². The Morgan fingerprint density at radius 3 is 2.12 bits per heavy atom. The Kier molecular flexibility index (Phi) is 6.07. The molecule has 0 saturated carbocycles. The molecule has 0 aromatic rings. The molecule has 5 nitrogen and oxygen atoms in total. The lowest BCUT2D eigenvalue weighted by molar-refractivity contribution is 0.124. The molecule has 0 bridgehead atoms. The zero-order valence-corrected chi connectivity index (χ0v) is 12.5. The van der Waals surface area contributed by atoms with Gasteiger partial charge in [-0.05, 0) is 25.7 Å². The normalized spacial score (nSPS) is 15.6. The molecular formula is C11H26N2O3S. The van der Waals surface area contributed by atoms with E-state index in [-0.39, 0.29) is 18.0 Å². The fraction of sp³-hybridized carbons (Fsp3) is 1.00. The van der Waals surface area contributed by atoms with Crippen molar-refractivity contribution >= 4 is 10.2 Å². The van der Waals surface area contributed by atoms with Crippen LogP contribution in [0.5, 0.6) is 0 Å². The first-order chi connectivity index (χ1) is 7.46. The van der Waals surface area contributed by atoms with Gasteiger partial charge in [-0.25, -0.2) is 0 Å². The quantitative estimate of drug-likeness (QED) is 0.752. The topological polar surface area (TPSA) is 69.6 Å². The third-order valence-corrected chi connectivity index (χ3v) is 4.17. The molecule has 0 rings (SSSR count). The number of aliphatic hydroxyl groups is 1. The van der Waals surface area contributed by atoms with Gasteiger partial charge in [-0.3, -0.25) is 0 Å². The van der Waals surface area contributed by atoms with Gasteiger partial charge < -0.3 is 5.11 Å². The van der Waals surface area contributed by atoms with Gasteiger partial charge in [0.2, 0.25) is 0 Å². The summed E-state index contributed by atoms with van der Waals surface area (Å²) in [5.74, 6) is 0. The molecule has 0 aliphatic heterocycles. The molecular weight excluding hydrogens is 240 g/mol. The smallest absolute Gasteiger partial charge is 0.279 e. The molecule has 17 heavy (non-hydrogen) atoms. The fourth-order valence-electron chi connectivity index (χ4n) is 1.36. The lowest BCUT2D eigenvalue weighted by atomic mass is 9.89. The van der Waals surface area contributed by atoms with Crippen LogP contribution in [-0.2, 0) is 10.2 Å². The molecule has 0 aromatic carbocycles. The average Bonchev–Trinajstić information content (AvgIpc) is 2.11. The number of nitrogens with zero attached hydrogens (tertiary/aromatic N) is 1. The first-order valence-corrected chi connectivity index (χ1v) is 7.30. The molecule has 2 N–H and O–H groups in total. The molecule has 104 valence electrons. The minimum absolute atomic E-state index is 0.0190. The van der Waals surface area contributed by atoms with E-state index in [1.54, 1.807) is 13.8 Å². The Bertz CT molecular complexity index is 320. The highest BCUT2D eigenvalue weighted by atomic mass is 32.2. The van der Waals surface area contributed by atoms with Gasteiger partial charge in [0.05, 0.1) is 6.10 Å². The lowest BCUT2D eigenvalue weighted by Crippen LogP contribution is -2.44. The van der Waals surface area contributed by atoms with Crippen LogP contribution in [0, 0.1) is 5.41 Å². The summed E-state index contributed by atoms with van der Waals surface area (Å²) in [5, 5.41) is 9.72. The van der Waals surface area contributed by atoms with Crippen molar-refractivity contribution in [1.29, 1.82) is 0 Å². The summed E-state index contributed by atoms with van der Waals surface area (Å²) in [4.78, 5) is 0. The van der Waals surface area contributed by atoms with Crippen LogP contribution in [0.15, 0.2) is 0 Å². The van der Waals surface area contributed by atoms with E-state index in [0.29, 0.717) is 6.42 Å². The number of rotatable bonds is 6. The molecule has 1 unspecified atom stereocenters. The maximum atomic E-state index is 11.7. The number of hydrogen-bond acceptors (Lipinski definition) is 3. The van der Waals surface area contributed by atoms with Crippen molar-refractivity contribution in [1.82, 2.24) is 9.03 Å². The van der Waals surface area contributed by atoms with Crippen LogP contribution in [-0.4, -0.2) is 43.6 Å². The summed E-state index contributed by atoms with van der Waals surface area (Å²) < 4.78 is 27.1. The summed E-state index contributed by atoms with van der Waals surface area (Å²) in [5.41, 5.74) is -0.0190. The number of nitrogens with one attached hydrogen (secondary N) is 1. The molecule has 0 fully saturated rings. The third-order valence-electron chi connectivity index (χ3n) is 2.46. The second-order valence-electron chi connectivity index (χ2n) is 5.88. The van der Waals surface area contributed by atoms with Crippen LogP contribution < -0.4 is 4.72 Å². The van der Waals surface area contributed by atoms with E-state index >= 15 is 0 Å². The van der Waals surface area contributed by atoms with E-state index < -0.39 is 16.3 Å². The molecule has 0 aliphatic carbocycles. The maximum absolute atomic E-state index is 11.7. The molecule has 0 heterocycles. The van der Waals surface area contributed by atoms with Crippen LogP contribution >= 0.6 is 0 Å². The highest BCUT2D eigenvalue weighted by molar-refractivity contribution is 7.87. The molecule has 6 heteroatoms. The van der Waals surface area contributed by atoms with Crippen molar-refractivity contribution in [2.75, 3.05) is 13.6 Å². The van der Waals surface area contributed by atoms with Gasteiger partial charge in [-0.15, -0.1) is 0 Å². The lowest BCUT2D eigenvalue weighted by Gasteiger charge is -2.25. The van der Waals surface area contributed by atoms with Crippen molar-refractivity contribution in [3.8, 4) is 0 Å². The number of aliphatic hydroxyl groups excluding tert-OH is 1. The first kappa shape index (κ1) is 16.8. The predicted molar refractivity (Wildman–Crippen MR) is 69.9 cm³/mol. The molecule has 1 atom stereocenters. The SMILES string of the molecule is CC(C)N(C)S(=O)(=O)NCC(O)CC(C)(C)C. The Morgan fingerprint density at radius 2 is 1.76 bits per heavy atom. The van der Waals surface area contributed by atoms with Crippen molar-refractivity contribution < 1.29 is 13.5 Å². The highest BCUT2D eigenvalue weighted by Gasteiger charge is 2.22. The average molecular weight is 266 g/mol. The number of hydrogen-bond donors (Lipinski definition) is 2. The fourth-order valence-corrected chi connectivity index (χ4v) is 2.52. The molecule has 0 radical (unpaired) electrons. The second kappa shape index (κ2) is 6.13. The van der Waals surface area contributed by atoms with E-state index in [9.17, 15) is 13.5 Å². The van der Waals surface area contributed by atoms with E-state index in [1.807, 2.05) is 20.8 Å². The van der Waals surface area contributed by atoms with Gasteiger partial charge in [-0.2, -0.15) is 17.4 Å². The molecule has 0 amide bonds. The van der Waals surface area contributed by atoms with Crippen molar-refractivity contribution in [3.05, 3.63) is 0 Å². The first-order valence-electron chi connectivity index (χ1n) is 5.86.